The number of para-hydroxylation sites is 1. The van der Waals surface area contributed by atoms with Gasteiger partial charge in [0.05, 0.1) is 0 Å². The van der Waals surface area contributed by atoms with E-state index in [1.54, 1.807) is 13.2 Å². The molecule has 2 aromatic carbocycles. The second-order valence-corrected chi connectivity index (χ2v) is 5.58. The van der Waals surface area contributed by atoms with Gasteiger partial charge in [-0.2, -0.15) is 5.26 Å². The minimum absolute atomic E-state index is 0.0400. The Hall–Kier alpha value is -3.10. The fourth-order valence-electron chi connectivity index (χ4n) is 2.28. The van der Waals surface area contributed by atoms with Crippen molar-refractivity contribution >= 4 is 12.0 Å². The molecule has 2 aromatic rings. The van der Waals surface area contributed by atoms with E-state index in [0.717, 1.165) is 5.56 Å². The second-order valence-electron chi connectivity index (χ2n) is 5.58. The van der Waals surface area contributed by atoms with E-state index >= 15 is 0 Å². The number of nitrogens with zero attached hydrogens (tertiary/aromatic N) is 1. The molecule has 5 heteroatoms. The number of methoxy groups -OCH3 is 1. The van der Waals surface area contributed by atoms with Crippen LogP contribution in [0, 0.1) is 11.3 Å². The molecule has 0 fully saturated rings. The van der Waals surface area contributed by atoms with Crippen molar-refractivity contribution < 1.29 is 14.3 Å². The Balaban J connectivity index is 2.07. The van der Waals surface area contributed by atoms with Crippen molar-refractivity contribution in [3.05, 3.63) is 71.3 Å². The lowest BCUT2D eigenvalue weighted by Crippen LogP contribution is -2.26. The predicted molar refractivity (Wildman–Crippen MR) is 100 cm³/mol. The molecule has 0 bridgehead atoms. The van der Waals surface area contributed by atoms with Gasteiger partial charge in [-0.3, -0.25) is 4.79 Å². The molecule has 5 nitrogen and oxygen atoms in total. The standard InChI is InChI=1S/C21H22N2O3/c1-25-13-7-12-23-21(24)19(15-22)14-18-10-5-6-11-20(18)26-16-17-8-3-2-4-9-17/h2-6,8-11,14H,7,12-13,16H2,1H3,(H,23,24)/b19-14+. The van der Waals surface area contributed by atoms with Crippen molar-refractivity contribution in [2.24, 2.45) is 0 Å². The van der Waals surface area contributed by atoms with Crippen LogP contribution in [0.4, 0.5) is 0 Å². The van der Waals surface area contributed by atoms with Gasteiger partial charge in [-0.05, 0) is 24.1 Å². The van der Waals surface area contributed by atoms with Crippen LogP contribution in [0.25, 0.3) is 6.08 Å². The van der Waals surface area contributed by atoms with Gasteiger partial charge in [0, 0.05) is 25.8 Å². The van der Waals surface area contributed by atoms with Crippen LogP contribution >= 0.6 is 0 Å². The molecular weight excluding hydrogens is 328 g/mol. The Labute approximate surface area is 153 Å². The van der Waals surface area contributed by atoms with Crippen molar-refractivity contribution in [1.82, 2.24) is 5.32 Å². The zero-order valence-electron chi connectivity index (χ0n) is 14.8. The molecule has 26 heavy (non-hydrogen) atoms. The lowest BCUT2D eigenvalue weighted by molar-refractivity contribution is -0.117. The third kappa shape index (κ3) is 6.08. The number of hydrogen-bond donors (Lipinski definition) is 1. The Morgan fingerprint density at radius 1 is 1.15 bits per heavy atom. The summed E-state index contributed by atoms with van der Waals surface area (Å²) in [6, 6.07) is 19.1. The van der Waals surface area contributed by atoms with E-state index in [2.05, 4.69) is 5.32 Å². The van der Waals surface area contributed by atoms with Crippen molar-refractivity contribution in [3.8, 4) is 11.8 Å². The molecule has 1 amide bonds. The number of nitrogens with one attached hydrogen (secondary N) is 1. The third-order valence-corrected chi connectivity index (χ3v) is 3.63. The number of benzene rings is 2. The van der Waals surface area contributed by atoms with Gasteiger partial charge in [-0.25, -0.2) is 0 Å². The van der Waals surface area contributed by atoms with E-state index in [4.69, 9.17) is 9.47 Å². The van der Waals surface area contributed by atoms with Crippen molar-refractivity contribution in [2.45, 2.75) is 13.0 Å². The fourth-order valence-corrected chi connectivity index (χ4v) is 2.28. The molecule has 0 saturated carbocycles. The van der Waals surface area contributed by atoms with Gasteiger partial charge in [0.15, 0.2) is 0 Å². The maximum atomic E-state index is 12.1. The number of rotatable bonds is 9. The van der Waals surface area contributed by atoms with Crippen LogP contribution in [0.3, 0.4) is 0 Å². The molecule has 0 saturated heterocycles. The molecule has 0 spiro atoms. The van der Waals surface area contributed by atoms with Crippen LogP contribution in [0.5, 0.6) is 5.75 Å². The highest BCUT2D eigenvalue weighted by molar-refractivity contribution is 6.01. The van der Waals surface area contributed by atoms with Gasteiger partial charge in [-0.15, -0.1) is 0 Å². The largest absolute Gasteiger partial charge is 0.488 e. The normalized spacial score (nSPS) is 10.8. The van der Waals surface area contributed by atoms with Gasteiger partial charge in [0.1, 0.15) is 24.0 Å². The minimum atomic E-state index is -0.401. The van der Waals surface area contributed by atoms with Gasteiger partial charge < -0.3 is 14.8 Å². The second kappa shape index (κ2) is 10.7. The molecule has 0 aromatic heterocycles. The summed E-state index contributed by atoms with van der Waals surface area (Å²) in [4.78, 5) is 12.1. The lowest BCUT2D eigenvalue weighted by Gasteiger charge is -2.10. The monoisotopic (exact) mass is 350 g/mol. The number of amides is 1. The van der Waals surface area contributed by atoms with Crippen molar-refractivity contribution in [1.29, 1.82) is 5.26 Å². The minimum Gasteiger partial charge on any atom is -0.488 e. The zero-order valence-corrected chi connectivity index (χ0v) is 14.8. The highest BCUT2D eigenvalue weighted by Gasteiger charge is 2.10. The molecule has 134 valence electrons. The first kappa shape index (κ1) is 19.2. The van der Waals surface area contributed by atoms with E-state index in [0.29, 0.717) is 37.5 Å². The Kier molecular flexibility index (Phi) is 7.91. The van der Waals surface area contributed by atoms with E-state index in [9.17, 15) is 10.1 Å². The van der Waals surface area contributed by atoms with Crippen LogP contribution in [0.15, 0.2) is 60.2 Å². The molecule has 0 unspecified atom stereocenters. The quantitative estimate of drug-likeness (QED) is 0.428. The van der Waals surface area contributed by atoms with Gasteiger partial charge >= 0.3 is 0 Å². The SMILES string of the molecule is COCCCNC(=O)/C(C#N)=C/c1ccccc1OCc1ccccc1. The summed E-state index contributed by atoms with van der Waals surface area (Å²) < 4.78 is 10.8. The number of carbonyl (C=O) groups is 1. The fraction of sp³-hybridized carbons (Fsp3) is 0.238. The summed E-state index contributed by atoms with van der Waals surface area (Å²) in [5, 5.41) is 12.0. The Bertz CT molecular complexity index is 779. The van der Waals surface area contributed by atoms with Crippen LogP contribution in [-0.4, -0.2) is 26.2 Å². The smallest absolute Gasteiger partial charge is 0.261 e. The van der Waals surface area contributed by atoms with E-state index in [1.807, 2.05) is 60.7 Å². The molecule has 0 aliphatic heterocycles. The molecule has 0 atom stereocenters. The van der Waals surface area contributed by atoms with Gasteiger partial charge in [0.2, 0.25) is 0 Å². The van der Waals surface area contributed by atoms with Gasteiger partial charge in [0.25, 0.3) is 5.91 Å². The molecular formula is C21H22N2O3. The maximum absolute atomic E-state index is 12.1. The molecule has 0 heterocycles. The zero-order chi connectivity index (χ0) is 18.6. The molecule has 0 aliphatic rings. The first-order valence-corrected chi connectivity index (χ1v) is 8.39. The first-order chi connectivity index (χ1) is 12.7. The topological polar surface area (TPSA) is 71.3 Å². The summed E-state index contributed by atoms with van der Waals surface area (Å²) in [5.74, 6) is 0.220. The molecule has 0 radical (unpaired) electrons. The molecule has 0 aliphatic carbocycles. The Morgan fingerprint density at radius 2 is 1.88 bits per heavy atom. The van der Waals surface area contributed by atoms with E-state index in [-0.39, 0.29) is 5.57 Å². The average molecular weight is 350 g/mol. The first-order valence-electron chi connectivity index (χ1n) is 8.39. The number of hydrogen-bond acceptors (Lipinski definition) is 4. The summed E-state index contributed by atoms with van der Waals surface area (Å²) in [6.07, 6.45) is 2.24. The summed E-state index contributed by atoms with van der Waals surface area (Å²) in [6.45, 7) is 1.43. The summed E-state index contributed by atoms with van der Waals surface area (Å²) >= 11 is 0. The highest BCUT2D eigenvalue weighted by atomic mass is 16.5. The molecule has 1 N–H and O–H groups in total. The van der Waals surface area contributed by atoms with Crippen molar-refractivity contribution in [3.63, 3.8) is 0 Å². The third-order valence-electron chi connectivity index (χ3n) is 3.63. The summed E-state index contributed by atoms with van der Waals surface area (Å²) in [5.41, 5.74) is 1.77. The number of ether oxygens (including phenoxy) is 2. The number of nitriles is 1. The highest BCUT2D eigenvalue weighted by Crippen LogP contribution is 2.22. The van der Waals surface area contributed by atoms with Crippen LogP contribution in [0.2, 0.25) is 0 Å². The van der Waals surface area contributed by atoms with E-state index in [1.165, 1.54) is 0 Å². The van der Waals surface area contributed by atoms with Crippen LogP contribution in [0.1, 0.15) is 17.5 Å². The van der Waals surface area contributed by atoms with Crippen molar-refractivity contribution in [2.75, 3.05) is 20.3 Å². The van der Waals surface area contributed by atoms with Crippen LogP contribution < -0.4 is 10.1 Å². The van der Waals surface area contributed by atoms with E-state index < -0.39 is 5.91 Å². The van der Waals surface area contributed by atoms with Crippen LogP contribution in [-0.2, 0) is 16.1 Å². The summed E-state index contributed by atoms with van der Waals surface area (Å²) in [7, 11) is 1.61. The predicted octanol–water partition coefficient (Wildman–Crippen LogP) is 3.33. The Morgan fingerprint density at radius 3 is 2.62 bits per heavy atom. The molecule has 2 rings (SSSR count). The lowest BCUT2D eigenvalue weighted by atomic mass is 10.1. The van der Waals surface area contributed by atoms with Gasteiger partial charge in [-0.1, -0.05) is 48.5 Å². The maximum Gasteiger partial charge on any atom is 0.261 e. The average Bonchev–Trinajstić information content (AvgIpc) is 2.69. The number of carbonyl (C=O) groups excluding carboxylic acids is 1.